The fourth-order valence-electron chi connectivity index (χ4n) is 4.28. The molecule has 1 atom stereocenters. The van der Waals surface area contributed by atoms with Crippen molar-refractivity contribution in [3.8, 4) is 17.2 Å². The highest BCUT2D eigenvalue weighted by Crippen LogP contribution is 2.33. The average molecular weight is 510 g/mol. The van der Waals surface area contributed by atoms with Gasteiger partial charge in [0.2, 0.25) is 22.7 Å². The van der Waals surface area contributed by atoms with Gasteiger partial charge in [0.05, 0.1) is 24.1 Å². The smallest absolute Gasteiger partial charge is 0.246 e. The van der Waals surface area contributed by atoms with Crippen LogP contribution in [0.25, 0.3) is 0 Å². The van der Waals surface area contributed by atoms with E-state index in [0.717, 1.165) is 34.2 Å². The molecule has 2 aliphatic heterocycles. The molecule has 0 radical (unpaired) electrons. The normalized spacial score (nSPS) is 16.9. The third-order valence-electron chi connectivity index (χ3n) is 5.98. The Kier molecular flexibility index (Phi) is 7.11. The number of rotatable bonds is 7. The van der Waals surface area contributed by atoms with Crippen LogP contribution in [0, 0.1) is 0 Å². The molecule has 4 rings (SSSR count). The molecule has 2 aromatic carbocycles. The van der Waals surface area contributed by atoms with Gasteiger partial charge in [-0.1, -0.05) is 17.7 Å². The minimum atomic E-state index is -3.74. The lowest BCUT2D eigenvalue weighted by Gasteiger charge is -2.38. The topological polar surface area (TPSA) is 88.6 Å². The number of sulfonamides is 1. The first-order valence-corrected chi connectivity index (χ1v) is 13.1. The molecule has 0 N–H and O–H groups in total. The Bertz CT molecular complexity index is 1170. The SMILES string of the molecule is COc1ccc(N([C@H](C)C(=O)N2CCN(Cc3ccc4c(c3)OCO4)CC2)S(C)(=O)=O)cc1Cl. The molecule has 9 nitrogen and oxygen atoms in total. The number of piperazine rings is 1. The summed E-state index contributed by atoms with van der Waals surface area (Å²) in [5, 5.41) is 0.269. The van der Waals surface area contributed by atoms with Gasteiger partial charge in [-0.15, -0.1) is 0 Å². The van der Waals surface area contributed by atoms with Gasteiger partial charge in [-0.25, -0.2) is 8.42 Å². The molecule has 1 amide bonds. The first-order valence-electron chi connectivity index (χ1n) is 10.9. The second-order valence-corrected chi connectivity index (χ2v) is 10.6. The summed E-state index contributed by atoms with van der Waals surface area (Å²) in [5.74, 6) is 1.68. The highest BCUT2D eigenvalue weighted by atomic mass is 35.5. The van der Waals surface area contributed by atoms with Crippen molar-refractivity contribution < 1.29 is 27.4 Å². The third-order valence-corrected chi connectivity index (χ3v) is 7.52. The first kappa shape index (κ1) is 24.4. The fraction of sp³-hybridized carbons (Fsp3) is 0.435. The number of amides is 1. The molecule has 0 aliphatic carbocycles. The van der Waals surface area contributed by atoms with Crippen molar-refractivity contribution in [2.45, 2.75) is 19.5 Å². The lowest BCUT2D eigenvalue weighted by molar-refractivity contribution is -0.133. The van der Waals surface area contributed by atoms with Gasteiger partial charge in [0.15, 0.2) is 11.5 Å². The maximum absolute atomic E-state index is 13.3. The van der Waals surface area contributed by atoms with Crippen molar-refractivity contribution in [2.75, 3.05) is 50.6 Å². The van der Waals surface area contributed by atoms with E-state index in [0.29, 0.717) is 37.6 Å². The molecule has 1 saturated heterocycles. The summed E-state index contributed by atoms with van der Waals surface area (Å²) in [6.45, 7) is 4.95. The van der Waals surface area contributed by atoms with E-state index in [1.165, 1.54) is 13.2 Å². The first-order chi connectivity index (χ1) is 16.2. The largest absolute Gasteiger partial charge is 0.495 e. The van der Waals surface area contributed by atoms with Crippen LogP contribution in [0.2, 0.25) is 5.02 Å². The van der Waals surface area contributed by atoms with Gasteiger partial charge in [-0.2, -0.15) is 0 Å². The van der Waals surface area contributed by atoms with E-state index in [4.69, 9.17) is 25.8 Å². The Hall–Kier alpha value is -2.69. The van der Waals surface area contributed by atoms with E-state index in [2.05, 4.69) is 4.90 Å². The predicted octanol–water partition coefficient (Wildman–Crippen LogP) is 2.58. The number of carbonyl (C=O) groups is 1. The summed E-state index contributed by atoms with van der Waals surface area (Å²) < 4.78 is 42.3. The van der Waals surface area contributed by atoms with Crippen LogP contribution in [-0.4, -0.2) is 76.5 Å². The summed E-state index contributed by atoms with van der Waals surface area (Å²) in [4.78, 5) is 17.2. The minimum absolute atomic E-state index is 0.241. The van der Waals surface area contributed by atoms with Crippen molar-refractivity contribution in [3.05, 3.63) is 47.0 Å². The summed E-state index contributed by atoms with van der Waals surface area (Å²) in [5.41, 5.74) is 1.42. The molecule has 2 aromatic rings. The van der Waals surface area contributed by atoms with Gasteiger partial charge in [0.1, 0.15) is 11.8 Å². The van der Waals surface area contributed by atoms with E-state index in [1.807, 2.05) is 18.2 Å². The Morgan fingerprint density at radius 2 is 1.82 bits per heavy atom. The number of carbonyl (C=O) groups excluding carboxylic acids is 1. The maximum Gasteiger partial charge on any atom is 0.246 e. The van der Waals surface area contributed by atoms with Gasteiger partial charge < -0.3 is 19.1 Å². The zero-order chi connectivity index (χ0) is 24.5. The molecule has 0 unspecified atom stereocenters. The summed E-state index contributed by atoms with van der Waals surface area (Å²) in [6, 6.07) is 9.64. The molecular weight excluding hydrogens is 482 g/mol. The average Bonchev–Trinajstić information content (AvgIpc) is 3.26. The number of methoxy groups -OCH3 is 1. The number of nitrogens with zero attached hydrogens (tertiary/aromatic N) is 3. The fourth-order valence-corrected chi connectivity index (χ4v) is 5.70. The number of halogens is 1. The molecule has 0 aromatic heterocycles. The predicted molar refractivity (Wildman–Crippen MR) is 129 cm³/mol. The second kappa shape index (κ2) is 9.89. The number of hydrogen-bond donors (Lipinski definition) is 0. The lowest BCUT2D eigenvalue weighted by atomic mass is 10.1. The van der Waals surface area contributed by atoms with Gasteiger partial charge >= 0.3 is 0 Å². The van der Waals surface area contributed by atoms with E-state index >= 15 is 0 Å². The molecule has 0 spiro atoms. The maximum atomic E-state index is 13.3. The van der Waals surface area contributed by atoms with Crippen molar-refractivity contribution in [2.24, 2.45) is 0 Å². The molecule has 184 valence electrons. The number of fused-ring (bicyclic) bond motifs is 1. The van der Waals surface area contributed by atoms with Crippen molar-refractivity contribution in [1.29, 1.82) is 0 Å². The van der Waals surface area contributed by atoms with Crippen LogP contribution >= 0.6 is 11.6 Å². The summed E-state index contributed by atoms with van der Waals surface area (Å²) in [7, 11) is -2.26. The lowest BCUT2D eigenvalue weighted by Crippen LogP contribution is -2.55. The quantitative estimate of drug-likeness (QED) is 0.566. The molecule has 2 aliphatic rings. The van der Waals surface area contributed by atoms with Gasteiger partial charge in [-0.05, 0) is 42.8 Å². The van der Waals surface area contributed by atoms with Crippen LogP contribution in [0.3, 0.4) is 0 Å². The Morgan fingerprint density at radius 1 is 1.12 bits per heavy atom. The highest BCUT2D eigenvalue weighted by molar-refractivity contribution is 7.92. The molecule has 0 saturated carbocycles. The van der Waals surface area contributed by atoms with Gasteiger partial charge in [0.25, 0.3) is 0 Å². The zero-order valence-corrected chi connectivity index (χ0v) is 20.9. The van der Waals surface area contributed by atoms with Crippen LogP contribution in [0.4, 0.5) is 5.69 Å². The Labute approximate surface area is 204 Å². The molecule has 1 fully saturated rings. The van der Waals surface area contributed by atoms with Crippen molar-refractivity contribution >= 4 is 33.2 Å². The third kappa shape index (κ3) is 5.18. The van der Waals surface area contributed by atoms with Crippen molar-refractivity contribution in [3.63, 3.8) is 0 Å². The highest BCUT2D eigenvalue weighted by Gasteiger charge is 2.33. The van der Waals surface area contributed by atoms with Crippen LogP contribution in [0.1, 0.15) is 12.5 Å². The number of benzene rings is 2. The van der Waals surface area contributed by atoms with Crippen LogP contribution in [0.15, 0.2) is 36.4 Å². The van der Waals surface area contributed by atoms with E-state index in [1.54, 1.807) is 24.0 Å². The minimum Gasteiger partial charge on any atom is -0.495 e. The zero-order valence-electron chi connectivity index (χ0n) is 19.4. The van der Waals surface area contributed by atoms with Gasteiger partial charge in [-0.3, -0.25) is 14.0 Å². The molecule has 34 heavy (non-hydrogen) atoms. The molecule has 0 bridgehead atoms. The monoisotopic (exact) mass is 509 g/mol. The summed E-state index contributed by atoms with van der Waals surface area (Å²) >= 11 is 6.21. The molecule has 11 heteroatoms. The van der Waals surface area contributed by atoms with Crippen LogP contribution < -0.4 is 18.5 Å². The standard InChI is InChI=1S/C23H28ClN3O6S/c1-16(27(34(3,29)30)18-5-7-20(31-2)19(24)13-18)23(28)26-10-8-25(9-11-26)14-17-4-6-21-22(12-17)33-15-32-21/h4-7,12-13,16H,8-11,14-15H2,1-3H3/t16-/m1/s1. The van der Waals surface area contributed by atoms with E-state index < -0.39 is 16.1 Å². The van der Waals surface area contributed by atoms with Crippen LogP contribution in [-0.2, 0) is 21.4 Å². The van der Waals surface area contributed by atoms with Crippen LogP contribution in [0.5, 0.6) is 17.2 Å². The number of anilines is 1. The molecular formula is C23H28ClN3O6S. The van der Waals surface area contributed by atoms with Gasteiger partial charge in [0, 0.05) is 32.7 Å². The van der Waals surface area contributed by atoms with E-state index in [9.17, 15) is 13.2 Å². The Morgan fingerprint density at radius 3 is 2.47 bits per heavy atom. The number of ether oxygens (including phenoxy) is 3. The second-order valence-electron chi connectivity index (χ2n) is 8.34. The summed E-state index contributed by atoms with van der Waals surface area (Å²) in [6.07, 6.45) is 1.08. The number of hydrogen-bond acceptors (Lipinski definition) is 7. The van der Waals surface area contributed by atoms with Crippen molar-refractivity contribution in [1.82, 2.24) is 9.80 Å². The van der Waals surface area contributed by atoms with E-state index in [-0.39, 0.29) is 17.7 Å². The Balaban J connectivity index is 1.41. The molecule has 2 heterocycles.